The lowest BCUT2D eigenvalue weighted by Crippen LogP contribution is -2.07. The fourth-order valence-electron chi connectivity index (χ4n) is 1.70. The van der Waals surface area contributed by atoms with E-state index in [1.807, 2.05) is 6.26 Å². The number of Topliss-reactive ketones (excluding diaryl/α,β-unsaturated/α-hetero) is 1. The Kier molecular flexibility index (Phi) is 4.91. The minimum atomic E-state index is -0.286. The van der Waals surface area contributed by atoms with Crippen LogP contribution in [-0.2, 0) is 6.42 Å². The molecule has 0 aliphatic rings. The Morgan fingerprint density at radius 3 is 2.75 bits per heavy atom. The Balaban J connectivity index is 2.30. The number of hydrogen-bond donors (Lipinski definition) is 1. The van der Waals surface area contributed by atoms with Crippen LogP contribution in [0.25, 0.3) is 0 Å². The molecule has 6 heteroatoms. The van der Waals surface area contributed by atoms with Gasteiger partial charge in [-0.2, -0.15) is 0 Å². The summed E-state index contributed by atoms with van der Waals surface area (Å²) in [6, 6.07) is 8.19. The first kappa shape index (κ1) is 15.2. The van der Waals surface area contributed by atoms with Gasteiger partial charge in [0.1, 0.15) is 16.6 Å². The van der Waals surface area contributed by atoms with Crippen molar-refractivity contribution in [2.24, 2.45) is 0 Å². The summed E-state index contributed by atoms with van der Waals surface area (Å²) in [7, 11) is 0. The molecule has 2 aromatic rings. The average molecular weight is 328 g/mol. The van der Waals surface area contributed by atoms with Crippen LogP contribution in [-0.4, -0.2) is 22.1 Å². The molecule has 2 rings (SSSR count). The number of phenolic OH excluding ortho intramolecular Hbond substituents is 1. The molecule has 0 aliphatic heterocycles. The van der Waals surface area contributed by atoms with Crippen molar-refractivity contribution in [1.29, 1.82) is 0 Å². The molecule has 3 nitrogen and oxygen atoms in total. The Labute approximate surface area is 130 Å². The summed E-state index contributed by atoms with van der Waals surface area (Å²) in [5.74, 6) is -0.208. The van der Waals surface area contributed by atoms with Gasteiger partial charge in [-0.1, -0.05) is 23.2 Å². The third-order valence-electron chi connectivity index (χ3n) is 2.71. The first-order chi connectivity index (χ1) is 9.51. The number of halogens is 2. The van der Waals surface area contributed by atoms with Crippen LogP contribution in [0.3, 0.4) is 0 Å². The number of pyridine rings is 1. The number of rotatable bonds is 4. The van der Waals surface area contributed by atoms with E-state index in [0.29, 0.717) is 5.56 Å². The molecule has 0 saturated carbocycles. The molecule has 0 bridgehead atoms. The predicted molar refractivity (Wildman–Crippen MR) is 82.2 cm³/mol. The number of carbonyl (C=O) groups is 1. The first-order valence-corrected chi connectivity index (χ1v) is 7.70. The van der Waals surface area contributed by atoms with Crippen molar-refractivity contribution in [1.82, 2.24) is 4.98 Å². The van der Waals surface area contributed by atoms with Gasteiger partial charge in [0.15, 0.2) is 5.78 Å². The zero-order valence-corrected chi connectivity index (χ0v) is 12.9. The number of carbonyl (C=O) groups excluding carboxylic acids is 1. The number of aromatic hydroxyl groups is 1. The molecule has 0 fully saturated rings. The van der Waals surface area contributed by atoms with Crippen molar-refractivity contribution in [2.45, 2.75) is 11.3 Å². The molecule has 0 saturated heterocycles. The summed E-state index contributed by atoms with van der Waals surface area (Å²) in [5, 5.41) is 10.3. The standard InChI is InChI=1S/C14H11Cl2NO2S/c1-20-9-2-4-11(18)8(6-9)7-12(19)14-10(15)3-5-13(16)17-14/h2-6,18H,7H2,1H3. The first-order valence-electron chi connectivity index (χ1n) is 5.72. The van der Waals surface area contributed by atoms with E-state index in [9.17, 15) is 9.90 Å². The minimum Gasteiger partial charge on any atom is -0.508 e. The highest BCUT2D eigenvalue weighted by atomic mass is 35.5. The smallest absolute Gasteiger partial charge is 0.187 e. The summed E-state index contributed by atoms with van der Waals surface area (Å²) in [5.41, 5.74) is 0.660. The molecule has 0 atom stereocenters. The van der Waals surface area contributed by atoms with E-state index < -0.39 is 0 Å². The maximum atomic E-state index is 12.2. The number of thioether (sulfide) groups is 1. The van der Waals surface area contributed by atoms with Crippen LogP contribution in [0.4, 0.5) is 0 Å². The second kappa shape index (κ2) is 6.48. The van der Waals surface area contributed by atoms with Gasteiger partial charge in [0.05, 0.1) is 5.02 Å². The lowest BCUT2D eigenvalue weighted by atomic mass is 10.1. The number of phenols is 1. The van der Waals surface area contributed by atoms with Crippen LogP contribution in [0.15, 0.2) is 35.2 Å². The number of hydrogen-bond acceptors (Lipinski definition) is 4. The highest BCUT2D eigenvalue weighted by molar-refractivity contribution is 7.98. The molecule has 1 heterocycles. The van der Waals surface area contributed by atoms with Crippen LogP contribution in [0.2, 0.25) is 10.2 Å². The zero-order chi connectivity index (χ0) is 14.7. The maximum absolute atomic E-state index is 12.2. The lowest BCUT2D eigenvalue weighted by Gasteiger charge is -2.07. The van der Waals surface area contributed by atoms with Crippen LogP contribution in [0.5, 0.6) is 5.75 Å². The van der Waals surface area contributed by atoms with Gasteiger partial charge in [-0.25, -0.2) is 4.98 Å². The van der Waals surface area contributed by atoms with Gasteiger partial charge in [-0.05, 0) is 36.6 Å². The zero-order valence-electron chi connectivity index (χ0n) is 10.6. The molecular weight excluding hydrogens is 317 g/mol. The largest absolute Gasteiger partial charge is 0.508 e. The maximum Gasteiger partial charge on any atom is 0.187 e. The van der Waals surface area contributed by atoms with Crippen molar-refractivity contribution in [3.8, 4) is 5.75 Å². The molecule has 20 heavy (non-hydrogen) atoms. The third kappa shape index (κ3) is 3.45. The summed E-state index contributed by atoms with van der Waals surface area (Å²) in [6.07, 6.45) is 1.95. The number of ketones is 1. The van der Waals surface area contributed by atoms with Crippen molar-refractivity contribution in [3.05, 3.63) is 51.8 Å². The average Bonchev–Trinajstić information content (AvgIpc) is 2.43. The molecule has 0 radical (unpaired) electrons. The minimum absolute atomic E-state index is 0.0211. The van der Waals surface area contributed by atoms with Crippen molar-refractivity contribution in [2.75, 3.05) is 6.26 Å². The SMILES string of the molecule is CSc1ccc(O)c(CC(=O)c2nc(Cl)ccc2Cl)c1. The molecule has 0 aliphatic carbocycles. The van der Waals surface area contributed by atoms with Crippen LogP contribution in [0.1, 0.15) is 16.1 Å². The Hall–Kier alpha value is -1.23. The fourth-order valence-corrected chi connectivity index (χ4v) is 2.52. The van der Waals surface area contributed by atoms with E-state index in [1.54, 1.807) is 18.2 Å². The van der Waals surface area contributed by atoms with E-state index in [4.69, 9.17) is 23.2 Å². The highest BCUT2D eigenvalue weighted by Gasteiger charge is 2.15. The van der Waals surface area contributed by atoms with Gasteiger partial charge in [0.2, 0.25) is 0 Å². The second-order valence-corrected chi connectivity index (χ2v) is 5.73. The predicted octanol–water partition coefficient (Wildman–Crippen LogP) is 4.24. The Morgan fingerprint density at radius 2 is 2.05 bits per heavy atom. The topological polar surface area (TPSA) is 50.2 Å². The van der Waals surface area contributed by atoms with E-state index in [0.717, 1.165) is 4.90 Å². The van der Waals surface area contributed by atoms with Gasteiger partial charge >= 0.3 is 0 Å². The molecular formula is C14H11Cl2NO2S. The van der Waals surface area contributed by atoms with Crippen LogP contribution >= 0.6 is 35.0 Å². The van der Waals surface area contributed by atoms with E-state index in [2.05, 4.69) is 4.98 Å². The molecule has 1 aromatic carbocycles. The summed E-state index contributed by atoms with van der Waals surface area (Å²) < 4.78 is 0. The lowest BCUT2D eigenvalue weighted by molar-refractivity contribution is 0.0987. The van der Waals surface area contributed by atoms with Gasteiger partial charge in [0, 0.05) is 16.9 Å². The number of aromatic nitrogens is 1. The molecule has 104 valence electrons. The Morgan fingerprint density at radius 1 is 1.30 bits per heavy atom. The fraction of sp³-hybridized carbons (Fsp3) is 0.143. The molecule has 1 aromatic heterocycles. The van der Waals surface area contributed by atoms with E-state index in [-0.39, 0.29) is 33.8 Å². The molecule has 0 amide bonds. The van der Waals surface area contributed by atoms with E-state index >= 15 is 0 Å². The van der Waals surface area contributed by atoms with Gasteiger partial charge in [0.25, 0.3) is 0 Å². The van der Waals surface area contributed by atoms with Gasteiger partial charge in [-0.15, -0.1) is 11.8 Å². The van der Waals surface area contributed by atoms with Crippen LogP contribution in [0, 0.1) is 0 Å². The summed E-state index contributed by atoms with van der Waals surface area (Å²) in [4.78, 5) is 17.1. The molecule has 1 N–H and O–H groups in total. The highest BCUT2D eigenvalue weighted by Crippen LogP contribution is 2.26. The Bertz CT molecular complexity index is 662. The summed E-state index contributed by atoms with van der Waals surface area (Å²) in [6.45, 7) is 0. The number of benzene rings is 1. The van der Waals surface area contributed by atoms with Crippen molar-refractivity contribution in [3.63, 3.8) is 0 Å². The normalized spacial score (nSPS) is 10.6. The molecule has 0 spiro atoms. The number of nitrogens with zero attached hydrogens (tertiary/aromatic N) is 1. The van der Waals surface area contributed by atoms with Gasteiger partial charge < -0.3 is 5.11 Å². The van der Waals surface area contributed by atoms with Gasteiger partial charge in [-0.3, -0.25) is 4.79 Å². The second-order valence-electron chi connectivity index (χ2n) is 4.06. The van der Waals surface area contributed by atoms with Crippen molar-refractivity contribution >= 4 is 40.7 Å². The summed E-state index contributed by atoms with van der Waals surface area (Å²) >= 11 is 13.3. The van der Waals surface area contributed by atoms with Crippen LogP contribution < -0.4 is 0 Å². The monoisotopic (exact) mass is 327 g/mol. The van der Waals surface area contributed by atoms with Crippen molar-refractivity contribution < 1.29 is 9.90 Å². The van der Waals surface area contributed by atoms with E-state index in [1.165, 1.54) is 23.9 Å². The third-order valence-corrected chi connectivity index (χ3v) is 3.95. The molecule has 0 unspecified atom stereocenters. The quantitative estimate of drug-likeness (QED) is 0.518.